The van der Waals surface area contributed by atoms with Crippen LogP contribution in [0.2, 0.25) is 0 Å². The standard InChI is InChI=1S/C21H16F2O3/c1-2-3-10-25-17-7-4-14(5-8-17)21(24)26-18-9-6-15-12-19(22)20(23)13-16(15)11-18/h2-9,11-13H,10H2,1H3. The van der Waals surface area contributed by atoms with Crippen molar-refractivity contribution >= 4 is 16.7 Å². The Morgan fingerprint density at radius 3 is 2.27 bits per heavy atom. The molecule has 0 aliphatic rings. The van der Waals surface area contributed by atoms with Crippen LogP contribution in [0.1, 0.15) is 17.3 Å². The van der Waals surface area contributed by atoms with E-state index in [1.807, 2.05) is 19.1 Å². The van der Waals surface area contributed by atoms with E-state index in [2.05, 4.69) is 0 Å². The minimum absolute atomic E-state index is 0.252. The monoisotopic (exact) mass is 354 g/mol. The van der Waals surface area contributed by atoms with Crippen LogP contribution in [-0.2, 0) is 0 Å². The van der Waals surface area contributed by atoms with Gasteiger partial charge in [-0.1, -0.05) is 18.2 Å². The Hall–Kier alpha value is -3.21. The topological polar surface area (TPSA) is 35.5 Å². The summed E-state index contributed by atoms with van der Waals surface area (Å²) >= 11 is 0. The highest BCUT2D eigenvalue weighted by Crippen LogP contribution is 2.24. The number of fused-ring (bicyclic) bond motifs is 1. The lowest BCUT2D eigenvalue weighted by Gasteiger charge is -2.07. The van der Waals surface area contributed by atoms with E-state index in [4.69, 9.17) is 9.47 Å². The summed E-state index contributed by atoms with van der Waals surface area (Å²) in [6.07, 6.45) is 3.76. The van der Waals surface area contributed by atoms with Gasteiger partial charge in [0.05, 0.1) is 5.56 Å². The molecule has 0 aliphatic carbocycles. The largest absolute Gasteiger partial charge is 0.490 e. The molecule has 0 saturated heterocycles. The van der Waals surface area contributed by atoms with Crippen molar-refractivity contribution in [3.05, 3.63) is 83.9 Å². The van der Waals surface area contributed by atoms with Gasteiger partial charge in [0.15, 0.2) is 11.6 Å². The highest BCUT2D eigenvalue weighted by Gasteiger charge is 2.10. The summed E-state index contributed by atoms with van der Waals surface area (Å²) in [5, 5.41) is 0.966. The predicted octanol–water partition coefficient (Wildman–Crippen LogP) is 5.29. The van der Waals surface area contributed by atoms with Gasteiger partial charge in [-0.25, -0.2) is 13.6 Å². The molecule has 0 spiro atoms. The zero-order valence-electron chi connectivity index (χ0n) is 14.0. The molecule has 132 valence electrons. The second-order valence-electron chi connectivity index (χ2n) is 5.57. The van der Waals surface area contributed by atoms with Gasteiger partial charge in [0.25, 0.3) is 0 Å². The summed E-state index contributed by atoms with van der Waals surface area (Å²) < 4.78 is 37.4. The van der Waals surface area contributed by atoms with Gasteiger partial charge in [0, 0.05) is 0 Å². The van der Waals surface area contributed by atoms with Crippen LogP contribution in [-0.4, -0.2) is 12.6 Å². The lowest BCUT2D eigenvalue weighted by atomic mass is 10.1. The fourth-order valence-corrected chi connectivity index (χ4v) is 2.38. The first-order chi connectivity index (χ1) is 12.6. The van der Waals surface area contributed by atoms with Crippen molar-refractivity contribution < 1.29 is 23.0 Å². The van der Waals surface area contributed by atoms with Crippen molar-refractivity contribution in [2.24, 2.45) is 0 Å². The van der Waals surface area contributed by atoms with Crippen LogP contribution in [0, 0.1) is 11.6 Å². The normalized spacial score (nSPS) is 11.0. The van der Waals surface area contributed by atoms with Crippen LogP contribution in [0.25, 0.3) is 10.8 Å². The third kappa shape index (κ3) is 4.06. The molecular formula is C21H16F2O3. The summed E-state index contributed by atoms with van der Waals surface area (Å²) in [6, 6.07) is 13.3. The molecule has 3 rings (SSSR count). The fraction of sp³-hybridized carbons (Fsp3) is 0.0952. The Balaban J connectivity index is 1.73. The van der Waals surface area contributed by atoms with Gasteiger partial charge in [-0.2, -0.15) is 0 Å². The highest BCUT2D eigenvalue weighted by molar-refractivity contribution is 5.92. The molecule has 3 aromatic carbocycles. The van der Waals surface area contributed by atoms with Crippen LogP contribution < -0.4 is 9.47 Å². The molecule has 3 nitrogen and oxygen atoms in total. The van der Waals surface area contributed by atoms with Crippen LogP contribution in [0.15, 0.2) is 66.7 Å². The Kier molecular flexibility index (Phi) is 5.27. The average molecular weight is 354 g/mol. The maximum Gasteiger partial charge on any atom is 0.343 e. The summed E-state index contributed by atoms with van der Waals surface area (Å²) in [5.74, 6) is -1.52. The van der Waals surface area contributed by atoms with Gasteiger partial charge in [-0.3, -0.25) is 0 Å². The summed E-state index contributed by atoms with van der Waals surface area (Å²) in [6.45, 7) is 2.36. The minimum Gasteiger partial charge on any atom is -0.490 e. The van der Waals surface area contributed by atoms with Crippen LogP contribution in [0.5, 0.6) is 11.5 Å². The van der Waals surface area contributed by atoms with E-state index >= 15 is 0 Å². The van der Waals surface area contributed by atoms with Crippen LogP contribution in [0.3, 0.4) is 0 Å². The SMILES string of the molecule is CC=CCOc1ccc(C(=O)Oc2ccc3cc(F)c(F)cc3c2)cc1. The molecule has 0 amide bonds. The van der Waals surface area contributed by atoms with E-state index < -0.39 is 17.6 Å². The quantitative estimate of drug-likeness (QED) is 0.355. The van der Waals surface area contributed by atoms with Gasteiger partial charge < -0.3 is 9.47 Å². The number of carbonyl (C=O) groups is 1. The van der Waals surface area contributed by atoms with Crippen molar-refractivity contribution in [2.75, 3.05) is 6.61 Å². The van der Waals surface area contributed by atoms with Gasteiger partial charge in [0.1, 0.15) is 18.1 Å². The highest BCUT2D eigenvalue weighted by atomic mass is 19.2. The molecule has 0 heterocycles. The van der Waals surface area contributed by atoms with Crippen molar-refractivity contribution in [2.45, 2.75) is 6.92 Å². The fourth-order valence-electron chi connectivity index (χ4n) is 2.38. The Bertz CT molecular complexity index is 963. The second kappa shape index (κ2) is 7.78. The number of allylic oxidation sites excluding steroid dienone is 1. The van der Waals surface area contributed by atoms with Crippen LogP contribution >= 0.6 is 0 Å². The molecule has 0 unspecified atom stereocenters. The Morgan fingerprint density at radius 1 is 0.923 bits per heavy atom. The molecule has 0 atom stereocenters. The first kappa shape index (κ1) is 17.6. The molecule has 0 N–H and O–H groups in total. The van der Waals surface area contributed by atoms with E-state index in [1.165, 1.54) is 12.1 Å². The molecule has 0 bridgehead atoms. The molecule has 0 aliphatic heterocycles. The lowest BCUT2D eigenvalue weighted by Crippen LogP contribution is -2.08. The number of hydrogen-bond donors (Lipinski definition) is 0. The summed E-state index contributed by atoms with van der Waals surface area (Å²) in [5.41, 5.74) is 0.355. The number of carbonyl (C=O) groups excluding carboxylic acids is 1. The van der Waals surface area contributed by atoms with Crippen molar-refractivity contribution in [3.63, 3.8) is 0 Å². The molecule has 5 heteroatoms. The van der Waals surface area contributed by atoms with Gasteiger partial charge in [-0.15, -0.1) is 0 Å². The van der Waals surface area contributed by atoms with E-state index in [0.717, 1.165) is 12.1 Å². The molecular weight excluding hydrogens is 338 g/mol. The zero-order valence-corrected chi connectivity index (χ0v) is 14.0. The second-order valence-corrected chi connectivity index (χ2v) is 5.57. The first-order valence-corrected chi connectivity index (χ1v) is 8.02. The van der Waals surface area contributed by atoms with E-state index in [-0.39, 0.29) is 5.75 Å². The number of esters is 1. The molecule has 3 aromatic rings. The number of rotatable bonds is 5. The maximum atomic E-state index is 13.4. The predicted molar refractivity (Wildman–Crippen MR) is 95.6 cm³/mol. The van der Waals surface area contributed by atoms with Gasteiger partial charge in [-0.05, 0) is 66.2 Å². The van der Waals surface area contributed by atoms with E-state index in [0.29, 0.717) is 28.7 Å². The lowest BCUT2D eigenvalue weighted by molar-refractivity contribution is 0.0735. The maximum absolute atomic E-state index is 13.4. The number of ether oxygens (including phenoxy) is 2. The average Bonchev–Trinajstić information content (AvgIpc) is 2.64. The molecule has 0 radical (unpaired) electrons. The zero-order chi connectivity index (χ0) is 18.5. The molecule has 0 saturated carbocycles. The molecule has 0 fully saturated rings. The minimum atomic E-state index is -0.950. The molecule has 26 heavy (non-hydrogen) atoms. The van der Waals surface area contributed by atoms with E-state index in [9.17, 15) is 13.6 Å². The number of hydrogen-bond acceptors (Lipinski definition) is 3. The van der Waals surface area contributed by atoms with Gasteiger partial charge in [0.2, 0.25) is 0 Å². The number of benzene rings is 3. The smallest absolute Gasteiger partial charge is 0.343 e. The third-order valence-corrected chi connectivity index (χ3v) is 3.73. The van der Waals surface area contributed by atoms with Gasteiger partial charge >= 0.3 is 5.97 Å². The number of halogens is 2. The summed E-state index contributed by atoms with van der Waals surface area (Å²) in [7, 11) is 0. The third-order valence-electron chi connectivity index (χ3n) is 3.73. The van der Waals surface area contributed by atoms with E-state index in [1.54, 1.807) is 30.3 Å². The van der Waals surface area contributed by atoms with Crippen molar-refractivity contribution in [3.8, 4) is 11.5 Å². The Labute approximate surface area is 149 Å². The first-order valence-electron chi connectivity index (χ1n) is 8.02. The molecule has 0 aromatic heterocycles. The van der Waals surface area contributed by atoms with Crippen molar-refractivity contribution in [1.29, 1.82) is 0 Å². The Morgan fingerprint density at radius 2 is 1.58 bits per heavy atom. The van der Waals surface area contributed by atoms with Crippen LogP contribution in [0.4, 0.5) is 8.78 Å². The van der Waals surface area contributed by atoms with Crippen molar-refractivity contribution in [1.82, 2.24) is 0 Å². The summed E-state index contributed by atoms with van der Waals surface area (Å²) in [4.78, 5) is 12.2.